The first kappa shape index (κ1) is 17.5. The van der Waals surface area contributed by atoms with Crippen molar-refractivity contribution in [2.75, 3.05) is 32.1 Å². The molecule has 126 valence electrons. The van der Waals surface area contributed by atoms with Gasteiger partial charge in [-0.2, -0.15) is 0 Å². The zero-order chi connectivity index (χ0) is 16.7. The summed E-state index contributed by atoms with van der Waals surface area (Å²) in [4.78, 5) is 6.99. The van der Waals surface area contributed by atoms with Crippen LogP contribution in [0.1, 0.15) is 33.6 Å². The van der Waals surface area contributed by atoms with Gasteiger partial charge in [0.25, 0.3) is 0 Å². The van der Waals surface area contributed by atoms with Gasteiger partial charge in [0.1, 0.15) is 5.75 Å². The number of pyridine rings is 1. The number of aromatic nitrogens is 1. The largest absolute Gasteiger partial charge is 0.497 e. The first-order valence-corrected chi connectivity index (χ1v) is 8.59. The van der Waals surface area contributed by atoms with Gasteiger partial charge in [-0.05, 0) is 51.5 Å². The van der Waals surface area contributed by atoms with Crippen molar-refractivity contribution >= 4 is 16.6 Å². The minimum absolute atomic E-state index is 0.405. The fourth-order valence-electron chi connectivity index (χ4n) is 2.89. The minimum Gasteiger partial charge on any atom is -0.497 e. The van der Waals surface area contributed by atoms with Gasteiger partial charge >= 0.3 is 0 Å². The Morgan fingerprint density at radius 2 is 2.04 bits per heavy atom. The van der Waals surface area contributed by atoms with Crippen molar-refractivity contribution in [3.63, 3.8) is 0 Å². The van der Waals surface area contributed by atoms with Crippen molar-refractivity contribution in [2.24, 2.45) is 0 Å². The molecular formula is C19H29N3O. The highest BCUT2D eigenvalue weighted by molar-refractivity contribution is 5.91. The second-order valence-corrected chi connectivity index (χ2v) is 5.96. The molecule has 4 nitrogen and oxygen atoms in total. The fraction of sp³-hybridized carbons (Fsp3) is 0.526. The molecule has 1 aromatic carbocycles. The summed E-state index contributed by atoms with van der Waals surface area (Å²) >= 11 is 0. The third-order valence-electron chi connectivity index (χ3n) is 4.32. The number of fused-ring (bicyclic) bond motifs is 1. The number of nitrogens with one attached hydrogen (secondary N) is 1. The molecule has 1 aromatic heterocycles. The highest BCUT2D eigenvalue weighted by Crippen LogP contribution is 2.28. The van der Waals surface area contributed by atoms with E-state index in [0.717, 1.165) is 48.4 Å². The summed E-state index contributed by atoms with van der Waals surface area (Å²) in [5.74, 6) is 0.864. The molecule has 0 bridgehead atoms. The average Bonchev–Trinajstić information content (AvgIpc) is 2.58. The van der Waals surface area contributed by atoms with Crippen LogP contribution in [0, 0.1) is 0 Å². The highest BCUT2D eigenvalue weighted by Gasteiger charge is 2.09. The van der Waals surface area contributed by atoms with Gasteiger partial charge in [-0.1, -0.05) is 19.9 Å². The van der Waals surface area contributed by atoms with Crippen molar-refractivity contribution in [2.45, 2.75) is 39.7 Å². The van der Waals surface area contributed by atoms with Gasteiger partial charge in [-0.3, -0.25) is 4.98 Å². The molecular weight excluding hydrogens is 286 g/mol. The van der Waals surface area contributed by atoms with Gasteiger partial charge in [0.15, 0.2) is 0 Å². The van der Waals surface area contributed by atoms with Gasteiger partial charge in [-0.15, -0.1) is 0 Å². The second kappa shape index (κ2) is 8.73. The lowest BCUT2D eigenvalue weighted by atomic mass is 10.1. The minimum atomic E-state index is 0.405. The van der Waals surface area contributed by atoms with Crippen LogP contribution in [-0.2, 0) is 0 Å². The topological polar surface area (TPSA) is 37.4 Å². The number of rotatable bonds is 9. The molecule has 0 fully saturated rings. The SMILES string of the molecule is CCN(CC)CCC[C@H](C)Nc1cc(OC)cc2cccnc12. The Labute approximate surface area is 139 Å². The summed E-state index contributed by atoms with van der Waals surface area (Å²) in [5, 5.41) is 4.71. The fourth-order valence-corrected chi connectivity index (χ4v) is 2.89. The first-order chi connectivity index (χ1) is 11.2. The van der Waals surface area contributed by atoms with Gasteiger partial charge in [0.05, 0.1) is 18.3 Å². The van der Waals surface area contributed by atoms with Crippen LogP contribution in [0.3, 0.4) is 0 Å². The van der Waals surface area contributed by atoms with Crippen molar-refractivity contribution < 1.29 is 4.74 Å². The van der Waals surface area contributed by atoms with Gasteiger partial charge in [-0.25, -0.2) is 0 Å². The van der Waals surface area contributed by atoms with Crippen LogP contribution in [0.25, 0.3) is 10.9 Å². The van der Waals surface area contributed by atoms with Crippen LogP contribution in [0.5, 0.6) is 5.75 Å². The monoisotopic (exact) mass is 315 g/mol. The standard InChI is InChI=1S/C19H29N3O/c1-5-22(6-2)12-8-9-15(3)21-18-14-17(23-4)13-16-10-7-11-20-19(16)18/h7,10-11,13-15,21H,5-6,8-9,12H2,1-4H3/t15-/m0/s1. The number of hydrogen-bond donors (Lipinski definition) is 1. The Hall–Kier alpha value is -1.81. The number of hydrogen-bond acceptors (Lipinski definition) is 4. The van der Waals surface area contributed by atoms with Crippen LogP contribution < -0.4 is 10.1 Å². The molecule has 23 heavy (non-hydrogen) atoms. The quantitative estimate of drug-likeness (QED) is 0.754. The van der Waals surface area contributed by atoms with Gasteiger partial charge in [0, 0.05) is 23.7 Å². The Kier molecular flexibility index (Phi) is 6.66. The number of benzene rings is 1. The maximum Gasteiger partial charge on any atom is 0.121 e. The van der Waals surface area contributed by atoms with Crippen molar-refractivity contribution in [1.29, 1.82) is 0 Å². The lowest BCUT2D eigenvalue weighted by molar-refractivity contribution is 0.295. The molecule has 1 N–H and O–H groups in total. The maximum atomic E-state index is 5.41. The van der Waals surface area contributed by atoms with E-state index in [1.165, 1.54) is 6.42 Å². The van der Waals surface area contributed by atoms with E-state index in [4.69, 9.17) is 4.74 Å². The molecule has 0 aliphatic heterocycles. The van der Waals surface area contributed by atoms with E-state index in [9.17, 15) is 0 Å². The third-order valence-corrected chi connectivity index (χ3v) is 4.32. The van der Waals surface area contributed by atoms with E-state index in [-0.39, 0.29) is 0 Å². The van der Waals surface area contributed by atoms with Gasteiger partial charge < -0.3 is 15.0 Å². The molecule has 0 saturated carbocycles. The van der Waals surface area contributed by atoms with Crippen molar-refractivity contribution in [3.05, 3.63) is 30.5 Å². The lowest BCUT2D eigenvalue weighted by Crippen LogP contribution is -2.25. The zero-order valence-corrected chi connectivity index (χ0v) is 14.8. The molecule has 4 heteroatoms. The zero-order valence-electron chi connectivity index (χ0n) is 14.8. The number of anilines is 1. The Bertz CT molecular complexity index is 611. The number of ether oxygens (including phenoxy) is 1. The van der Waals surface area contributed by atoms with E-state index in [0.29, 0.717) is 6.04 Å². The maximum absolute atomic E-state index is 5.41. The van der Waals surface area contributed by atoms with E-state index >= 15 is 0 Å². The summed E-state index contributed by atoms with van der Waals surface area (Å²) in [6, 6.07) is 8.50. The number of methoxy groups -OCH3 is 1. The summed E-state index contributed by atoms with van der Waals surface area (Å²) < 4.78 is 5.41. The summed E-state index contributed by atoms with van der Waals surface area (Å²) in [6.07, 6.45) is 4.18. The van der Waals surface area contributed by atoms with Crippen LogP contribution in [0.15, 0.2) is 30.5 Å². The van der Waals surface area contributed by atoms with E-state index < -0.39 is 0 Å². The molecule has 0 spiro atoms. The van der Waals surface area contributed by atoms with E-state index in [1.807, 2.05) is 24.4 Å². The molecule has 0 saturated heterocycles. The molecule has 0 aliphatic carbocycles. The van der Waals surface area contributed by atoms with E-state index in [2.05, 4.69) is 42.0 Å². The van der Waals surface area contributed by atoms with Crippen LogP contribution >= 0.6 is 0 Å². The molecule has 1 heterocycles. The lowest BCUT2D eigenvalue weighted by Gasteiger charge is -2.21. The molecule has 0 aliphatic rings. The van der Waals surface area contributed by atoms with Crippen molar-refractivity contribution in [1.82, 2.24) is 9.88 Å². The smallest absolute Gasteiger partial charge is 0.121 e. The Morgan fingerprint density at radius 1 is 1.26 bits per heavy atom. The second-order valence-electron chi connectivity index (χ2n) is 5.96. The van der Waals surface area contributed by atoms with Crippen LogP contribution in [-0.4, -0.2) is 42.7 Å². The first-order valence-electron chi connectivity index (χ1n) is 8.59. The highest BCUT2D eigenvalue weighted by atomic mass is 16.5. The normalized spacial score (nSPS) is 12.6. The average molecular weight is 315 g/mol. The summed E-state index contributed by atoms with van der Waals surface area (Å²) in [5.41, 5.74) is 2.05. The summed E-state index contributed by atoms with van der Waals surface area (Å²) in [7, 11) is 1.70. The van der Waals surface area contributed by atoms with Gasteiger partial charge in [0.2, 0.25) is 0 Å². The van der Waals surface area contributed by atoms with Crippen LogP contribution in [0.4, 0.5) is 5.69 Å². The molecule has 2 aromatic rings. The Morgan fingerprint density at radius 3 is 2.74 bits per heavy atom. The number of nitrogens with zero attached hydrogens (tertiary/aromatic N) is 2. The Balaban J connectivity index is 2.02. The molecule has 0 amide bonds. The van der Waals surface area contributed by atoms with E-state index in [1.54, 1.807) is 7.11 Å². The molecule has 0 unspecified atom stereocenters. The predicted octanol–water partition coefficient (Wildman–Crippen LogP) is 4.17. The van der Waals surface area contributed by atoms with Crippen molar-refractivity contribution in [3.8, 4) is 5.75 Å². The molecule has 1 atom stereocenters. The van der Waals surface area contributed by atoms with Crippen LogP contribution in [0.2, 0.25) is 0 Å². The molecule has 0 radical (unpaired) electrons. The molecule has 2 rings (SSSR count). The third kappa shape index (κ3) is 4.83. The summed E-state index contributed by atoms with van der Waals surface area (Å²) in [6.45, 7) is 10.1. The predicted molar refractivity (Wildman–Crippen MR) is 98.4 cm³/mol.